The fourth-order valence-electron chi connectivity index (χ4n) is 10.5. The number of hydrogen-bond acceptors (Lipinski definition) is 3. The summed E-state index contributed by atoms with van der Waals surface area (Å²) in [7, 11) is 0. The monoisotopic (exact) mass is 852 g/mol. The van der Waals surface area contributed by atoms with Crippen LogP contribution in [0.15, 0.2) is 230 Å². The molecule has 0 radical (unpaired) electrons. The smallest absolute Gasteiger partial charge is 0.0560 e. The number of hydrogen-bond donors (Lipinski definition) is 0. The van der Waals surface area contributed by atoms with Gasteiger partial charge in [0.25, 0.3) is 0 Å². The van der Waals surface area contributed by atoms with Crippen molar-refractivity contribution in [1.82, 2.24) is 9.13 Å². The van der Waals surface area contributed by atoms with Gasteiger partial charge in [0.15, 0.2) is 0 Å². The van der Waals surface area contributed by atoms with Gasteiger partial charge in [0.1, 0.15) is 0 Å². The van der Waals surface area contributed by atoms with Gasteiger partial charge < -0.3 is 18.9 Å². The second-order valence-electron chi connectivity index (χ2n) is 17.1. The molecule has 3 heterocycles. The van der Waals surface area contributed by atoms with Crippen LogP contribution in [0.1, 0.15) is 25.3 Å². The molecule has 0 saturated carbocycles. The minimum atomic E-state index is 0.215. The lowest BCUT2D eigenvalue weighted by Crippen LogP contribution is -2.16. The maximum Gasteiger partial charge on any atom is 0.0560 e. The van der Waals surface area contributed by atoms with E-state index in [4.69, 9.17) is 0 Å². The molecule has 65 heavy (non-hydrogen) atoms. The van der Waals surface area contributed by atoms with Crippen LogP contribution in [0.5, 0.6) is 0 Å². The SMILES string of the molecule is C1=CCC(n2c3ccc(N(c4ccccc4)c4ccccc4)cc3c3c4sc5c(ccc6c5c5cc(N(C7=CCCC=C7)c7ccccc7)ccc5n6-c5ccccc5)c4ccc32)C=C1. The van der Waals surface area contributed by atoms with Gasteiger partial charge in [0, 0.05) is 87.1 Å². The van der Waals surface area contributed by atoms with Crippen LogP contribution in [-0.4, -0.2) is 9.13 Å². The number of fused-ring (bicyclic) bond motifs is 11. The molecule has 0 N–H and O–H groups in total. The van der Waals surface area contributed by atoms with Crippen molar-refractivity contribution >= 4 is 104 Å². The molecule has 13 rings (SSSR count). The fourth-order valence-corrected chi connectivity index (χ4v) is 12.0. The predicted octanol–water partition coefficient (Wildman–Crippen LogP) is 17.2. The molecule has 4 nitrogen and oxygen atoms in total. The summed E-state index contributed by atoms with van der Waals surface area (Å²) in [5.74, 6) is 0. The third-order valence-electron chi connectivity index (χ3n) is 13.4. The topological polar surface area (TPSA) is 16.3 Å². The van der Waals surface area contributed by atoms with Crippen LogP contribution in [0.3, 0.4) is 0 Å². The van der Waals surface area contributed by atoms with Crippen LogP contribution in [0, 0.1) is 0 Å². The number of thiophene rings is 1. The summed E-state index contributed by atoms with van der Waals surface area (Å²) in [6.45, 7) is 0. The highest BCUT2D eigenvalue weighted by molar-refractivity contribution is 7.27. The molecule has 0 saturated heterocycles. The maximum atomic E-state index is 2.59. The van der Waals surface area contributed by atoms with Crippen molar-refractivity contribution < 1.29 is 0 Å². The average molecular weight is 853 g/mol. The zero-order valence-corrected chi connectivity index (χ0v) is 36.6. The molecule has 8 aromatic carbocycles. The summed E-state index contributed by atoms with van der Waals surface area (Å²) in [5, 5.41) is 7.72. The van der Waals surface area contributed by atoms with Crippen LogP contribution in [0.25, 0.3) is 69.5 Å². The average Bonchev–Trinajstić information content (AvgIpc) is 4.03. The van der Waals surface area contributed by atoms with E-state index < -0.39 is 0 Å². The van der Waals surface area contributed by atoms with E-state index in [0.717, 1.165) is 53.4 Å². The van der Waals surface area contributed by atoms with E-state index in [-0.39, 0.29) is 6.04 Å². The largest absolute Gasteiger partial charge is 0.333 e. The van der Waals surface area contributed by atoms with E-state index in [9.17, 15) is 0 Å². The molecule has 1 unspecified atom stereocenters. The van der Waals surface area contributed by atoms with Crippen LogP contribution in [0.4, 0.5) is 28.4 Å². The van der Waals surface area contributed by atoms with Gasteiger partial charge in [-0.25, -0.2) is 0 Å². The molecule has 0 amide bonds. The van der Waals surface area contributed by atoms with Crippen molar-refractivity contribution in [2.24, 2.45) is 0 Å². The van der Waals surface area contributed by atoms with Crippen molar-refractivity contribution in [3.05, 3.63) is 230 Å². The van der Waals surface area contributed by atoms with Gasteiger partial charge in [-0.2, -0.15) is 0 Å². The van der Waals surface area contributed by atoms with E-state index in [1.807, 2.05) is 11.3 Å². The van der Waals surface area contributed by atoms with E-state index >= 15 is 0 Å². The highest BCUT2D eigenvalue weighted by Crippen LogP contribution is 2.50. The summed E-state index contributed by atoms with van der Waals surface area (Å²) in [4.78, 5) is 4.80. The summed E-state index contributed by atoms with van der Waals surface area (Å²) in [5.41, 5.74) is 13.0. The first kappa shape index (κ1) is 37.7. The first-order valence-corrected chi connectivity index (χ1v) is 23.5. The van der Waals surface area contributed by atoms with Crippen LogP contribution >= 0.6 is 11.3 Å². The quantitative estimate of drug-likeness (QED) is 0.151. The zero-order valence-electron chi connectivity index (χ0n) is 35.8. The van der Waals surface area contributed by atoms with Crippen LogP contribution < -0.4 is 9.80 Å². The Bertz CT molecular complexity index is 3700. The van der Waals surface area contributed by atoms with E-state index in [0.29, 0.717) is 0 Å². The van der Waals surface area contributed by atoms with Crippen molar-refractivity contribution in [3.63, 3.8) is 0 Å². The predicted molar refractivity (Wildman–Crippen MR) is 278 cm³/mol. The maximum absolute atomic E-state index is 2.59. The summed E-state index contributed by atoms with van der Waals surface area (Å²) in [6.07, 6.45) is 19.1. The van der Waals surface area contributed by atoms with Gasteiger partial charge >= 0.3 is 0 Å². The normalized spacial score (nSPS) is 15.0. The Labute approximate surface area is 381 Å². The fraction of sp³-hybridized carbons (Fsp3) is 0.0667. The lowest BCUT2D eigenvalue weighted by Gasteiger charge is -2.27. The standard InChI is InChI=1S/C60H44N4S/c1-7-19-41(20-8-1)61(42-21-9-2-10-22-42)47-31-35-53-51(39-47)57-55(63(53)45-27-15-5-16-28-45)37-33-49-50-34-38-56-58(60(50)65-59(49)57)52-40-48(32-36-54(52)64(56)46-29-17-6-18-30-46)62(43-23-11-3-12-24-43)44-25-13-4-14-26-44/h1-3,5-13,15-27,29-40,45H,4,14,28H2. The first-order chi connectivity index (χ1) is 32.3. The Balaban J connectivity index is 1.11. The lowest BCUT2D eigenvalue weighted by atomic mass is 10.0. The third-order valence-corrected chi connectivity index (χ3v) is 14.6. The zero-order chi connectivity index (χ0) is 42.8. The highest BCUT2D eigenvalue weighted by atomic mass is 32.1. The molecule has 0 bridgehead atoms. The number of nitrogens with zero attached hydrogens (tertiary/aromatic N) is 4. The number of anilines is 5. The Hall–Kier alpha value is -7.86. The van der Waals surface area contributed by atoms with E-state index in [1.165, 1.54) is 69.5 Å². The molecule has 11 aromatic rings. The molecule has 310 valence electrons. The number of aromatic nitrogens is 2. The summed E-state index contributed by atoms with van der Waals surface area (Å²) >= 11 is 1.96. The molecular formula is C60H44N4S. The van der Waals surface area contributed by atoms with Gasteiger partial charge in [-0.15, -0.1) is 11.3 Å². The van der Waals surface area contributed by atoms with E-state index in [2.05, 4.69) is 243 Å². The molecule has 5 heteroatoms. The van der Waals surface area contributed by atoms with Gasteiger partial charge in [-0.05, 0) is 122 Å². The Morgan fingerprint density at radius 3 is 1.62 bits per heavy atom. The number of allylic oxidation sites excluding steroid dienone is 7. The molecule has 3 aromatic heterocycles. The van der Waals surface area contributed by atoms with Gasteiger partial charge in [0.05, 0.1) is 22.6 Å². The van der Waals surface area contributed by atoms with Crippen molar-refractivity contribution in [3.8, 4) is 5.69 Å². The summed E-state index contributed by atoms with van der Waals surface area (Å²) < 4.78 is 7.69. The lowest BCUT2D eigenvalue weighted by molar-refractivity contribution is 0.648. The van der Waals surface area contributed by atoms with Crippen LogP contribution in [-0.2, 0) is 0 Å². The summed E-state index contributed by atoms with van der Waals surface area (Å²) in [6, 6.07) is 67.1. The Morgan fingerprint density at radius 2 is 1.00 bits per heavy atom. The second-order valence-corrected chi connectivity index (χ2v) is 18.1. The van der Waals surface area contributed by atoms with Crippen molar-refractivity contribution in [2.75, 3.05) is 9.80 Å². The number of para-hydroxylation sites is 4. The number of rotatable bonds is 8. The second kappa shape index (κ2) is 15.4. The molecule has 0 fully saturated rings. The van der Waals surface area contributed by atoms with Gasteiger partial charge in [-0.3, -0.25) is 0 Å². The molecule has 2 aliphatic rings. The Kier molecular flexibility index (Phi) is 8.95. The molecule has 0 aliphatic heterocycles. The van der Waals surface area contributed by atoms with E-state index in [1.54, 1.807) is 0 Å². The van der Waals surface area contributed by atoms with Crippen molar-refractivity contribution in [1.29, 1.82) is 0 Å². The Morgan fingerprint density at radius 1 is 0.446 bits per heavy atom. The molecule has 2 aliphatic carbocycles. The van der Waals surface area contributed by atoms with Crippen LogP contribution in [0.2, 0.25) is 0 Å². The molecule has 1 atom stereocenters. The number of benzene rings is 8. The first-order valence-electron chi connectivity index (χ1n) is 22.7. The van der Waals surface area contributed by atoms with Gasteiger partial charge in [-0.1, -0.05) is 121 Å². The third kappa shape index (κ3) is 6.11. The molecule has 0 spiro atoms. The minimum absolute atomic E-state index is 0.215. The highest BCUT2D eigenvalue weighted by Gasteiger charge is 2.25. The minimum Gasteiger partial charge on any atom is -0.333 e. The van der Waals surface area contributed by atoms with Gasteiger partial charge in [0.2, 0.25) is 0 Å². The van der Waals surface area contributed by atoms with Crippen molar-refractivity contribution in [2.45, 2.75) is 25.3 Å². The molecular weight excluding hydrogens is 809 g/mol.